The number of carbonyl (C=O) groups is 3. The number of ketones is 3. The summed E-state index contributed by atoms with van der Waals surface area (Å²) < 4.78 is 31.6. The zero-order chi connectivity index (χ0) is 88.7. The monoisotopic (exact) mass is 2220 g/mol. The van der Waals surface area contributed by atoms with Crippen LogP contribution in [0.2, 0.25) is 0 Å². The van der Waals surface area contributed by atoms with Crippen LogP contribution in [0.4, 0.5) is 4.39 Å². The van der Waals surface area contributed by atoms with Gasteiger partial charge in [0.1, 0.15) is 39.8 Å². The average Bonchev–Trinajstić information content (AvgIpc) is 1.61. The molecule has 0 aliphatic heterocycles. The number of allylic oxidation sites excluding steroid dienone is 6. The quantitative estimate of drug-likeness (QED) is 0.0239. The number of furan rings is 3. The van der Waals surface area contributed by atoms with E-state index in [1.165, 1.54) is 47.1 Å². The molecule has 3 radical (unpaired) electrons. The molecule has 0 fully saturated rings. The Bertz CT molecular complexity index is 5450. The van der Waals surface area contributed by atoms with Gasteiger partial charge >= 0.3 is 0 Å². The summed E-state index contributed by atoms with van der Waals surface area (Å²) in [5.41, 5.74) is 21.2. The van der Waals surface area contributed by atoms with Crippen molar-refractivity contribution in [1.29, 1.82) is 0 Å². The number of halogens is 1. The molecule has 7 aromatic carbocycles. The third-order valence-electron chi connectivity index (χ3n) is 22.6. The van der Waals surface area contributed by atoms with Crippen molar-refractivity contribution in [2.24, 2.45) is 35.5 Å². The average molecular weight is 2220 g/mol. The smallest absolute Gasteiger partial charge is 0.162 e. The van der Waals surface area contributed by atoms with Gasteiger partial charge in [-0.1, -0.05) is 216 Å². The van der Waals surface area contributed by atoms with Crippen LogP contribution in [0.3, 0.4) is 0 Å². The Morgan fingerprint density at radius 2 is 0.664 bits per heavy atom. The summed E-state index contributed by atoms with van der Waals surface area (Å²) in [7, 11) is 0. The molecule has 3 N–H and O–H groups in total. The molecule has 0 atom stereocenters. The summed E-state index contributed by atoms with van der Waals surface area (Å²) in [6.07, 6.45) is 20.3. The van der Waals surface area contributed by atoms with Crippen molar-refractivity contribution in [3.05, 3.63) is 293 Å². The Hall–Kier alpha value is -9.88. The molecule has 0 aliphatic rings. The fourth-order valence-electron chi connectivity index (χ4n) is 15.2. The topological polar surface area (TPSA) is 190 Å². The maximum absolute atomic E-state index is 13.1. The molecule has 6 aromatic heterocycles. The van der Waals surface area contributed by atoms with Gasteiger partial charge in [-0.25, -0.2) is 4.39 Å². The molecule has 0 amide bonds. The molecule has 0 saturated carbocycles. The predicted octanol–water partition coefficient (Wildman–Crippen LogP) is 30.5. The minimum Gasteiger partial charge on any atom is -0.512 e. The second-order valence-electron chi connectivity index (χ2n) is 31.6. The number of aromatic nitrogens is 3. The summed E-state index contributed by atoms with van der Waals surface area (Å²) in [6, 6.07) is 67.7. The van der Waals surface area contributed by atoms with Gasteiger partial charge in [0.25, 0.3) is 0 Å². The predicted molar refractivity (Wildman–Crippen MR) is 501 cm³/mol. The van der Waals surface area contributed by atoms with Gasteiger partial charge in [-0.15, -0.1) is 105 Å². The number of pyridine rings is 3. The first-order valence-electron chi connectivity index (χ1n) is 43.7. The second kappa shape index (κ2) is 52.9. The maximum Gasteiger partial charge on any atom is 0.162 e. The van der Waals surface area contributed by atoms with Crippen LogP contribution >= 0.6 is 0 Å². The van der Waals surface area contributed by atoms with Crippen LogP contribution in [-0.2, 0) is 74.7 Å². The van der Waals surface area contributed by atoms with Gasteiger partial charge in [-0.2, -0.15) is 0 Å². The Morgan fingerprint density at radius 3 is 1.02 bits per heavy atom. The number of aliphatic hydroxyl groups excluding tert-OH is 3. The van der Waals surface area contributed by atoms with Gasteiger partial charge in [0.2, 0.25) is 0 Å². The number of nitrogens with zero attached hydrogens (tertiary/aromatic N) is 3. The van der Waals surface area contributed by atoms with E-state index < -0.39 is 0 Å². The van der Waals surface area contributed by atoms with E-state index in [9.17, 15) is 34.1 Å². The van der Waals surface area contributed by atoms with Crippen LogP contribution in [0.15, 0.2) is 243 Å². The molecule has 125 heavy (non-hydrogen) atoms. The van der Waals surface area contributed by atoms with E-state index in [-0.39, 0.29) is 136 Å². The fraction of sp³-hybridized carbons (Fsp3) is 0.339. The summed E-state index contributed by atoms with van der Waals surface area (Å²) >= 11 is 0. The largest absolute Gasteiger partial charge is 0.512 e. The van der Waals surface area contributed by atoms with E-state index in [0.29, 0.717) is 5.76 Å². The normalized spacial score (nSPS) is 11.4. The Kier molecular flexibility index (Phi) is 44.7. The van der Waals surface area contributed by atoms with Crippen molar-refractivity contribution >= 4 is 50.3 Å². The molecule has 0 spiro atoms. The molecule has 13 rings (SSSR count). The first-order chi connectivity index (χ1) is 58.7. The SMILES string of the molecule is CCC(CC)C(=O)C=C(O)C(CC)CC.CCC(CC)C(=O)C=C(O)C(CC)CC.CCC(CC)C(=O)C=C(O)C(CC)CC.Cc1[c-]c(-c2cc3oc(-c4ccc(F)cc4)cc3cn2)cc(C)c1.Cc1[c-]c(-c2cc3oc(-c4ccccc4)c(-c4ccccc4)c3cn2)cc(C)c1.Cc1[c-]c(-c2cc3oc(-c4ccccc4)c(C)c3cn2)cc(C)c1.[Ir].[Ir].[Ir]. The number of hydrogen-bond donors (Lipinski definition) is 3. The third-order valence-corrected chi connectivity index (χ3v) is 22.6. The summed E-state index contributed by atoms with van der Waals surface area (Å²) in [5, 5.41) is 32.3. The van der Waals surface area contributed by atoms with E-state index in [1.807, 2.05) is 169 Å². The third kappa shape index (κ3) is 29.9. The number of rotatable bonds is 28. The second-order valence-corrected chi connectivity index (χ2v) is 31.6. The molecule has 16 heteroatoms. The van der Waals surface area contributed by atoms with Crippen molar-refractivity contribution in [3.8, 4) is 78.9 Å². The number of aryl methyl sites for hydroxylation is 7. The zero-order valence-corrected chi connectivity index (χ0v) is 83.4. The molecule has 12 nitrogen and oxygen atoms in total. The number of hydrogen-bond acceptors (Lipinski definition) is 12. The minimum atomic E-state index is -0.260. The number of carbonyl (C=O) groups excluding carboxylic acids is 3. The zero-order valence-electron chi connectivity index (χ0n) is 76.2. The van der Waals surface area contributed by atoms with Crippen molar-refractivity contribution in [2.45, 2.75) is 209 Å². The fourth-order valence-corrected chi connectivity index (χ4v) is 15.2. The van der Waals surface area contributed by atoms with Crippen molar-refractivity contribution in [2.75, 3.05) is 0 Å². The molecule has 6 heterocycles. The molecule has 13 aromatic rings. The Labute approximate surface area is 782 Å². The van der Waals surface area contributed by atoms with Gasteiger partial charge in [0, 0.05) is 177 Å². The summed E-state index contributed by atoms with van der Waals surface area (Å²) in [6.45, 7) is 38.7. The van der Waals surface area contributed by atoms with Gasteiger partial charge in [0.05, 0.1) is 17.3 Å². The maximum atomic E-state index is 13.1. The van der Waals surface area contributed by atoms with Gasteiger partial charge in [0.15, 0.2) is 17.3 Å². The van der Waals surface area contributed by atoms with Gasteiger partial charge in [-0.05, 0) is 155 Å². The van der Waals surface area contributed by atoms with E-state index in [4.69, 9.17) is 18.2 Å². The van der Waals surface area contributed by atoms with Crippen LogP contribution < -0.4 is 0 Å². The Morgan fingerprint density at radius 1 is 0.352 bits per heavy atom. The van der Waals surface area contributed by atoms with Crippen LogP contribution in [0, 0.1) is 108 Å². The number of aliphatic hydroxyl groups is 3. The molecule has 0 bridgehead atoms. The molecule has 0 saturated heterocycles. The van der Waals surface area contributed by atoms with Crippen LogP contribution in [-0.4, -0.2) is 47.6 Å². The molecule has 0 unspecified atom stereocenters. The molecule has 667 valence electrons. The van der Waals surface area contributed by atoms with Crippen LogP contribution in [0.1, 0.15) is 199 Å². The van der Waals surface area contributed by atoms with Crippen LogP contribution in [0.25, 0.3) is 112 Å². The molecular formula is C109H125FIr3N3O9-3. The summed E-state index contributed by atoms with van der Waals surface area (Å²) in [5.74, 6) is 3.87. The number of benzene rings is 7. The first kappa shape index (κ1) is 106. The van der Waals surface area contributed by atoms with Crippen molar-refractivity contribution in [1.82, 2.24) is 15.0 Å². The summed E-state index contributed by atoms with van der Waals surface area (Å²) in [4.78, 5) is 49.1. The van der Waals surface area contributed by atoms with E-state index in [0.717, 1.165) is 205 Å². The van der Waals surface area contributed by atoms with Gasteiger partial charge in [-0.3, -0.25) is 14.4 Å². The van der Waals surface area contributed by atoms with E-state index in [1.54, 1.807) is 18.3 Å². The minimum absolute atomic E-state index is 0. The van der Waals surface area contributed by atoms with E-state index in [2.05, 4.69) is 155 Å². The van der Waals surface area contributed by atoms with Crippen molar-refractivity contribution in [3.63, 3.8) is 0 Å². The number of fused-ring (bicyclic) bond motifs is 3. The van der Waals surface area contributed by atoms with Crippen LogP contribution in [0.5, 0.6) is 0 Å². The van der Waals surface area contributed by atoms with Crippen molar-refractivity contribution < 1.29 is 108 Å². The first-order valence-corrected chi connectivity index (χ1v) is 43.7. The van der Waals surface area contributed by atoms with E-state index >= 15 is 0 Å². The molecular weight excluding hydrogens is 2090 g/mol. The van der Waals surface area contributed by atoms with Gasteiger partial charge < -0.3 is 43.5 Å². The standard InChI is InChI=1S/C27H20NO.C22H18NO.C21H15FNO.3C13H24O2.3Ir/c1-18-13-19(2)15-22(14-18)24-16-25-23(17-28-24)26(20-9-5-3-6-10-20)27(29-25)21-11-7-4-8-12-21;1-14-9-15(2)11-18(10-14)20-12-21-19(13-23-20)16(3)22(24-21)17-7-5-4-6-8-17;1-13-7-14(2)9-16(8-13)19-11-21-17(12-23-19)10-20(24-21)15-3-5-18(22)6-4-15;3*1-5-10(6-2)12(14)9-13(15)11(7-3)8-4;;;/h3-14,16-17H,1-2H3;4-10,12-13H,1-3H3;3-8,10-12H,1-2H3;3*9-11,14H,5-8H2,1-4H3;;;/q3*-1;;;;;;. The Balaban J connectivity index is 0.000000271. The molecule has 0 aliphatic carbocycles.